The zero-order chi connectivity index (χ0) is 45.6. The Labute approximate surface area is 403 Å². The maximum absolute atomic E-state index is 11.4. The molecule has 9 aromatic rings. The number of nitrogens with one attached hydrogen (secondary N) is 3. The van der Waals surface area contributed by atoms with Gasteiger partial charge in [0, 0.05) is 76.4 Å². The summed E-state index contributed by atoms with van der Waals surface area (Å²) in [6.45, 7) is 10.6. The van der Waals surface area contributed by atoms with E-state index in [0.29, 0.717) is 5.69 Å². The molecule has 0 bridgehead atoms. The Kier molecular flexibility index (Phi) is 11.8. The van der Waals surface area contributed by atoms with E-state index < -0.39 is 0 Å². The van der Waals surface area contributed by atoms with Crippen molar-refractivity contribution in [2.45, 2.75) is 60.3 Å². The molecule has 1 aliphatic heterocycles. The van der Waals surface area contributed by atoms with Gasteiger partial charge < -0.3 is 15.0 Å². The number of aldehydes is 1. The second-order valence-corrected chi connectivity index (χ2v) is 19.6. The van der Waals surface area contributed by atoms with Gasteiger partial charge in [0.05, 0.1) is 22.8 Å². The zero-order valence-corrected chi connectivity index (χ0v) is 41.0. The number of fused-ring (bicyclic) bond motifs is 8. The molecule has 12 rings (SSSR count). The Balaban J connectivity index is 0.000000128. The van der Waals surface area contributed by atoms with Crippen LogP contribution in [0.2, 0.25) is 0 Å². The van der Waals surface area contributed by atoms with E-state index in [1.54, 1.807) is 0 Å². The number of hydrogen-bond acceptors (Lipinski definition) is 2. The van der Waals surface area contributed by atoms with Gasteiger partial charge in [0.25, 0.3) is 0 Å². The van der Waals surface area contributed by atoms with Crippen LogP contribution in [0.5, 0.6) is 0 Å². The Morgan fingerprint density at radius 1 is 0.515 bits per heavy atom. The number of aromatic nitrogens is 3. The average Bonchev–Trinajstić information content (AvgIpc) is 4.11. The molecule has 0 spiro atoms. The number of nitrogens with zero attached hydrogens (tertiary/aromatic N) is 1. The molecule has 3 N–H and O–H groups in total. The van der Waals surface area contributed by atoms with Gasteiger partial charge in [0.15, 0.2) is 6.29 Å². The van der Waals surface area contributed by atoms with Gasteiger partial charge >= 0.3 is 0 Å². The third kappa shape index (κ3) is 8.31. The molecule has 2 aliphatic carbocycles. The highest BCUT2D eigenvalue weighted by atomic mass is 79.9. The highest BCUT2D eigenvalue weighted by molar-refractivity contribution is 9.10. The number of H-pyrrole nitrogens is 3. The number of aryl methyl sites for hydroxylation is 9. The van der Waals surface area contributed by atoms with Gasteiger partial charge in [-0.2, -0.15) is 0 Å². The number of aromatic amines is 3. The molecular formula is C59H50Br2N4O. The lowest BCUT2D eigenvalue weighted by Crippen LogP contribution is -2.03. The minimum atomic E-state index is 0.626. The molecule has 0 fully saturated rings. The molecule has 4 heterocycles. The third-order valence-electron chi connectivity index (χ3n) is 13.2. The van der Waals surface area contributed by atoms with Crippen molar-refractivity contribution in [1.82, 2.24) is 15.0 Å². The van der Waals surface area contributed by atoms with E-state index in [0.717, 1.165) is 61.6 Å². The first-order valence-electron chi connectivity index (χ1n) is 22.6. The van der Waals surface area contributed by atoms with Gasteiger partial charge in [0.1, 0.15) is 0 Å². The lowest BCUT2D eigenvalue weighted by Gasteiger charge is -2.15. The van der Waals surface area contributed by atoms with Gasteiger partial charge in [-0.25, -0.2) is 4.99 Å². The van der Waals surface area contributed by atoms with E-state index >= 15 is 0 Å². The summed E-state index contributed by atoms with van der Waals surface area (Å²) in [7, 11) is 0. The van der Waals surface area contributed by atoms with Crippen LogP contribution in [0, 0.1) is 34.6 Å². The summed E-state index contributed by atoms with van der Waals surface area (Å²) in [5.74, 6) is 0. The summed E-state index contributed by atoms with van der Waals surface area (Å²) in [4.78, 5) is 26.8. The monoisotopic (exact) mass is 988 g/mol. The molecule has 3 aromatic heterocycles. The smallest absolute Gasteiger partial charge is 0.166 e. The predicted molar refractivity (Wildman–Crippen MR) is 282 cm³/mol. The standard InChI is InChI=1S/C29H23BrN2.C18H16BrNO.C12H11N/c1-17-7-11-23(18(2)13-17)29-25-12-10-21(30)15-26(25)27(32-29)16-22-14-20-9-8-19-5-3-4-6-24(19)28(20)31-22;1-10-6-11(2)17(12(3)7-10)18-14-5-4-13(19)8-15(14)16(9-21)20-18;1-2-4-11-9(3-1)5-6-10-7-8-13-12(10)11/h3-7,10-16,31H,8-9H2,1-2H3;4-9,20H,1-3H3;1-4,7-8,13H,5-6H2. The zero-order valence-electron chi connectivity index (χ0n) is 37.8. The van der Waals surface area contributed by atoms with Crippen LogP contribution in [0.1, 0.15) is 82.9 Å². The van der Waals surface area contributed by atoms with Crippen molar-refractivity contribution < 1.29 is 4.79 Å². The molecule has 66 heavy (non-hydrogen) atoms. The van der Waals surface area contributed by atoms with Gasteiger partial charge in [0.2, 0.25) is 0 Å². The minimum Gasteiger partial charge on any atom is -0.361 e. The average molecular weight is 991 g/mol. The minimum absolute atomic E-state index is 0.626. The molecule has 7 heteroatoms. The van der Waals surface area contributed by atoms with Crippen LogP contribution >= 0.6 is 31.9 Å². The van der Waals surface area contributed by atoms with E-state index in [1.165, 1.54) is 108 Å². The van der Waals surface area contributed by atoms with E-state index in [1.807, 2.05) is 18.3 Å². The normalized spacial score (nSPS) is 13.6. The Hall–Kier alpha value is -6.54. The molecule has 5 nitrogen and oxygen atoms in total. The van der Waals surface area contributed by atoms with Crippen molar-refractivity contribution in [2.75, 3.05) is 0 Å². The van der Waals surface area contributed by atoms with Crippen LogP contribution < -0.4 is 0 Å². The maximum atomic E-state index is 11.4. The molecule has 0 saturated heterocycles. The van der Waals surface area contributed by atoms with E-state index in [2.05, 4.69) is 203 Å². The Morgan fingerprint density at radius 2 is 1.15 bits per heavy atom. The number of benzene rings is 6. The first-order valence-corrected chi connectivity index (χ1v) is 24.2. The number of aliphatic imine (C=N–C) groups is 1. The van der Waals surface area contributed by atoms with Crippen molar-refractivity contribution in [2.24, 2.45) is 4.99 Å². The lowest BCUT2D eigenvalue weighted by atomic mass is 9.90. The molecule has 0 amide bonds. The number of carbonyl (C=O) groups is 1. The van der Waals surface area contributed by atoms with Crippen LogP contribution in [0.15, 0.2) is 148 Å². The summed E-state index contributed by atoms with van der Waals surface area (Å²) >= 11 is 7.13. The van der Waals surface area contributed by atoms with Gasteiger partial charge in [-0.15, -0.1) is 0 Å². The van der Waals surface area contributed by atoms with Crippen LogP contribution in [0.3, 0.4) is 0 Å². The highest BCUT2D eigenvalue weighted by Crippen LogP contribution is 2.39. The van der Waals surface area contributed by atoms with Crippen molar-refractivity contribution in [3.05, 3.63) is 221 Å². The molecule has 3 aliphatic rings. The van der Waals surface area contributed by atoms with Gasteiger partial charge in [-0.3, -0.25) is 4.79 Å². The first-order chi connectivity index (χ1) is 32.0. The van der Waals surface area contributed by atoms with Gasteiger partial charge in [-0.05, 0) is 142 Å². The van der Waals surface area contributed by atoms with E-state index in [-0.39, 0.29) is 0 Å². The predicted octanol–water partition coefficient (Wildman–Crippen LogP) is 15.6. The molecule has 0 unspecified atom stereocenters. The summed E-state index contributed by atoms with van der Waals surface area (Å²) in [5.41, 5.74) is 26.8. The maximum Gasteiger partial charge on any atom is 0.166 e. The topological polar surface area (TPSA) is 76.8 Å². The molecule has 0 saturated carbocycles. The summed E-state index contributed by atoms with van der Waals surface area (Å²) < 4.78 is 2.04. The summed E-state index contributed by atoms with van der Waals surface area (Å²) in [5, 5.41) is 2.03. The van der Waals surface area contributed by atoms with Crippen molar-refractivity contribution in [3.63, 3.8) is 0 Å². The van der Waals surface area contributed by atoms with Crippen LogP contribution in [0.25, 0.3) is 56.3 Å². The second kappa shape index (κ2) is 18.0. The Morgan fingerprint density at radius 3 is 1.88 bits per heavy atom. The van der Waals surface area contributed by atoms with E-state index in [9.17, 15) is 4.79 Å². The number of carbonyl (C=O) groups excluding carboxylic acids is 1. The second-order valence-electron chi connectivity index (χ2n) is 17.8. The molecular weight excluding hydrogens is 940 g/mol. The first kappa shape index (κ1) is 43.4. The van der Waals surface area contributed by atoms with Crippen molar-refractivity contribution in [3.8, 4) is 33.8 Å². The Bertz CT molecular complexity index is 3410. The number of rotatable bonds is 4. The summed E-state index contributed by atoms with van der Waals surface area (Å²) in [6, 6.07) is 45.3. The van der Waals surface area contributed by atoms with Gasteiger partial charge in [-0.1, -0.05) is 134 Å². The largest absolute Gasteiger partial charge is 0.361 e. The SMILES string of the molecule is Cc1cc(C)c(-c2[nH]c(C=O)c3cc(Br)ccc23)c(C)c1.Cc1ccc(C2=NC(=Cc3cc4c([nH]3)-c3ccccc3CC4)c3cc(Br)ccc32)c(C)c1.c1ccc2c(c1)CCc1cc[nH]c1-2. The van der Waals surface area contributed by atoms with Crippen molar-refractivity contribution >= 4 is 66.4 Å². The quantitative estimate of drug-likeness (QED) is 0.151. The molecule has 0 atom stereocenters. The molecule has 6 aromatic carbocycles. The lowest BCUT2D eigenvalue weighted by molar-refractivity contribution is 0.112. The number of halogens is 2. The van der Waals surface area contributed by atoms with E-state index in [4.69, 9.17) is 4.99 Å². The van der Waals surface area contributed by atoms with Crippen LogP contribution in [-0.4, -0.2) is 26.9 Å². The van der Waals surface area contributed by atoms with Crippen LogP contribution in [0.4, 0.5) is 0 Å². The fourth-order valence-corrected chi connectivity index (χ4v) is 10.9. The fourth-order valence-electron chi connectivity index (χ4n) is 10.2. The molecule has 326 valence electrons. The van der Waals surface area contributed by atoms with Crippen LogP contribution in [-0.2, 0) is 25.7 Å². The summed E-state index contributed by atoms with van der Waals surface area (Å²) in [6.07, 6.45) is 9.65. The fraction of sp³-hybridized carbons (Fsp3) is 0.153. The number of hydrogen-bond donors (Lipinski definition) is 3. The molecule has 0 radical (unpaired) electrons. The highest BCUT2D eigenvalue weighted by Gasteiger charge is 2.25. The van der Waals surface area contributed by atoms with Crippen molar-refractivity contribution in [1.29, 1.82) is 0 Å². The third-order valence-corrected chi connectivity index (χ3v) is 14.2.